The number of aliphatic hydroxyl groups excluding tert-OH is 1. The molecule has 0 aromatic rings. The second-order valence-electron chi connectivity index (χ2n) is 3.00. The van der Waals surface area contributed by atoms with Crippen LogP contribution in [0.15, 0.2) is 12.2 Å². The van der Waals surface area contributed by atoms with Gasteiger partial charge in [0.2, 0.25) is 0 Å². The lowest BCUT2D eigenvalue weighted by molar-refractivity contribution is -0.188. The molecule has 0 saturated heterocycles. The van der Waals surface area contributed by atoms with E-state index in [0.29, 0.717) is 6.08 Å². The highest BCUT2D eigenvalue weighted by Crippen LogP contribution is 2.21. The van der Waals surface area contributed by atoms with Gasteiger partial charge in [-0.25, -0.2) is 0 Å². The molecule has 2 N–H and O–H groups in total. The van der Waals surface area contributed by atoms with E-state index in [4.69, 9.17) is 10.2 Å². The Labute approximate surface area is 68.3 Å². The van der Waals surface area contributed by atoms with Gasteiger partial charge in [-0.1, -0.05) is 6.08 Å². The summed E-state index contributed by atoms with van der Waals surface area (Å²) in [7, 11) is 0. The van der Waals surface area contributed by atoms with Crippen molar-refractivity contribution in [1.82, 2.24) is 0 Å². The van der Waals surface area contributed by atoms with Gasteiger partial charge in [0.1, 0.15) is 0 Å². The molecule has 0 amide bonds. The molecule has 0 aliphatic rings. The van der Waals surface area contributed by atoms with Crippen molar-refractivity contribution in [3.05, 3.63) is 12.2 Å². The third-order valence-electron chi connectivity index (χ3n) is 1.02. The normalized spacial score (nSPS) is 16.9. The Morgan fingerprint density at radius 3 is 1.92 bits per heavy atom. The topological polar surface area (TPSA) is 40.5 Å². The van der Waals surface area contributed by atoms with Crippen LogP contribution in [0.4, 0.5) is 13.2 Å². The number of rotatable bonds is 2. The van der Waals surface area contributed by atoms with E-state index < -0.39 is 17.9 Å². The van der Waals surface area contributed by atoms with Crippen molar-refractivity contribution >= 4 is 0 Å². The predicted molar refractivity (Wildman–Crippen MR) is 37.5 cm³/mol. The van der Waals surface area contributed by atoms with Crippen LogP contribution in [0.2, 0.25) is 0 Å². The van der Waals surface area contributed by atoms with Gasteiger partial charge in [-0.15, -0.1) is 0 Å². The van der Waals surface area contributed by atoms with Crippen molar-refractivity contribution in [2.24, 2.45) is 0 Å². The summed E-state index contributed by atoms with van der Waals surface area (Å²) in [6.45, 7) is 2.62. The van der Waals surface area contributed by atoms with E-state index in [-0.39, 0.29) is 0 Å². The molecular formula is C7H11F3O2. The number of halogens is 3. The highest BCUT2D eigenvalue weighted by Gasteiger charge is 2.36. The highest BCUT2D eigenvalue weighted by atomic mass is 19.4. The van der Waals surface area contributed by atoms with E-state index >= 15 is 0 Å². The van der Waals surface area contributed by atoms with Crippen LogP contribution < -0.4 is 0 Å². The Balaban J connectivity index is 4.19. The van der Waals surface area contributed by atoms with Crippen molar-refractivity contribution < 1.29 is 23.4 Å². The van der Waals surface area contributed by atoms with Crippen molar-refractivity contribution in [3.8, 4) is 0 Å². The molecule has 0 heterocycles. The zero-order valence-corrected chi connectivity index (χ0v) is 6.76. The van der Waals surface area contributed by atoms with E-state index in [2.05, 4.69) is 0 Å². The molecule has 0 radical (unpaired) electrons. The van der Waals surface area contributed by atoms with Gasteiger partial charge < -0.3 is 10.2 Å². The van der Waals surface area contributed by atoms with E-state index in [1.54, 1.807) is 0 Å². The first-order valence-corrected chi connectivity index (χ1v) is 3.29. The first-order valence-electron chi connectivity index (χ1n) is 3.29. The molecule has 0 aromatic carbocycles. The monoisotopic (exact) mass is 184 g/mol. The van der Waals surface area contributed by atoms with Gasteiger partial charge in [0, 0.05) is 0 Å². The first kappa shape index (κ1) is 11.4. The molecule has 1 unspecified atom stereocenters. The summed E-state index contributed by atoms with van der Waals surface area (Å²) in [6, 6.07) is 0. The van der Waals surface area contributed by atoms with Crippen LogP contribution in [0.1, 0.15) is 13.8 Å². The van der Waals surface area contributed by atoms with Crippen molar-refractivity contribution in [2.45, 2.75) is 31.7 Å². The molecule has 0 rings (SSSR count). The Morgan fingerprint density at radius 1 is 1.25 bits per heavy atom. The Kier molecular flexibility index (Phi) is 3.29. The number of hydrogen-bond acceptors (Lipinski definition) is 2. The largest absolute Gasteiger partial charge is 0.417 e. The molecule has 0 saturated carbocycles. The summed E-state index contributed by atoms with van der Waals surface area (Å²) in [5.41, 5.74) is -1.34. The summed E-state index contributed by atoms with van der Waals surface area (Å²) in [5.74, 6) is 0. The summed E-state index contributed by atoms with van der Waals surface area (Å²) in [6.07, 6.45) is -5.77. The SMILES string of the molecule is CC(C)(O)/C=C/C(O)C(F)(F)F. The predicted octanol–water partition coefficient (Wildman–Crippen LogP) is 1.24. The molecule has 0 aliphatic heterocycles. The maximum atomic E-state index is 11.6. The van der Waals surface area contributed by atoms with Crippen molar-refractivity contribution in [1.29, 1.82) is 0 Å². The Bertz CT molecular complexity index is 166. The van der Waals surface area contributed by atoms with Gasteiger partial charge >= 0.3 is 6.18 Å². The third kappa shape index (κ3) is 5.15. The number of hydrogen-bond donors (Lipinski definition) is 2. The molecule has 72 valence electrons. The van der Waals surface area contributed by atoms with Crippen LogP contribution in [-0.4, -0.2) is 28.1 Å². The molecule has 0 aliphatic carbocycles. The standard InChI is InChI=1S/C7H11F3O2/c1-6(2,12)4-3-5(11)7(8,9)10/h3-5,11-12H,1-2H3/b4-3+. The quantitative estimate of drug-likeness (QED) is 0.634. The Morgan fingerprint density at radius 2 is 1.67 bits per heavy atom. The summed E-state index contributed by atoms with van der Waals surface area (Å²) in [5, 5.41) is 17.4. The minimum atomic E-state index is -4.66. The van der Waals surface area contributed by atoms with Gasteiger partial charge in [-0.05, 0) is 19.9 Å². The van der Waals surface area contributed by atoms with E-state index in [1.165, 1.54) is 13.8 Å². The van der Waals surface area contributed by atoms with Crippen molar-refractivity contribution in [2.75, 3.05) is 0 Å². The van der Waals surface area contributed by atoms with Crippen LogP contribution in [0.3, 0.4) is 0 Å². The molecule has 1 atom stereocenters. The van der Waals surface area contributed by atoms with Crippen LogP contribution in [0.5, 0.6) is 0 Å². The second-order valence-corrected chi connectivity index (χ2v) is 3.00. The average Bonchev–Trinajstić information content (AvgIpc) is 1.78. The fourth-order valence-electron chi connectivity index (χ4n) is 0.436. The minimum Gasteiger partial charge on any atom is -0.386 e. The summed E-state index contributed by atoms with van der Waals surface area (Å²) in [4.78, 5) is 0. The van der Waals surface area contributed by atoms with E-state index in [1.807, 2.05) is 0 Å². The smallest absolute Gasteiger partial charge is 0.386 e. The van der Waals surface area contributed by atoms with Gasteiger partial charge in [0.15, 0.2) is 6.10 Å². The van der Waals surface area contributed by atoms with Crippen molar-refractivity contribution in [3.63, 3.8) is 0 Å². The lowest BCUT2D eigenvalue weighted by atomic mass is 10.1. The summed E-state index contributed by atoms with van der Waals surface area (Å²) < 4.78 is 34.9. The molecule has 0 aromatic heterocycles. The van der Waals surface area contributed by atoms with Crippen LogP contribution in [-0.2, 0) is 0 Å². The maximum absolute atomic E-state index is 11.6. The number of aliphatic hydroxyl groups is 2. The molecule has 0 bridgehead atoms. The molecule has 5 heteroatoms. The molecule has 0 fully saturated rings. The summed E-state index contributed by atoms with van der Waals surface area (Å²) >= 11 is 0. The minimum absolute atomic E-state index is 0.514. The van der Waals surface area contributed by atoms with E-state index in [0.717, 1.165) is 6.08 Å². The molecule has 0 spiro atoms. The molecule has 12 heavy (non-hydrogen) atoms. The molecule has 2 nitrogen and oxygen atoms in total. The van der Waals surface area contributed by atoms with Crippen LogP contribution >= 0.6 is 0 Å². The van der Waals surface area contributed by atoms with Crippen LogP contribution in [0, 0.1) is 0 Å². The number of alkyl halides is 3. The first-order chi connectivity index (χ1) is 5.13. The fraction of sp³-hybridized carbons (Fsp3) is 0.714. The maximum Gasteiger partial charge on any atom is 0.417 e. The van der Waals surface area contributed by atoms with Gasteiger partial charge in [0.05, 0.1) is 5.60 Å². The highest BCUT2D eigenvalue weighted by molar-refractivity contribution is 5.00. The molecular weight excluding hydrogens is 173 g/mol. The zero-order chi connectivity index (χ0) is 9.99. The lowest BCUT2D eigenvalue weighted by Gasteiger charge is -2.14. The van der Waals surface area contributed by atoms with Crippen LogP contribution in [0.25, 0.3) is 0 Å². The van der Waals surface area contributed by atoms with E-state index in [9.17, 15) is 13.2 Å². The average molecular weight is 184 g/mol. The fourth-order valence-corrected chi connectivity index (χ4v) is 0.436. The van der Waals surface area contributed by atoms with Gasteiger partial charge in [0.25, 0.3) is 0 Å². The van der Waals surface area contributed by atoms with Gasteiger partial charge in [-0.3, -0.25) is 0 Å². The second kappa shape index (κ2) is 3.45. The Hall–Kier alpha value is -0.550. The zero-order valence-electron chi connectivity index (χ0n) is 6.76. The lowest BCUT2D eigenvalue weighted by Crippen LogP contribution is -2.27. The van der Waals surface area contributed by atoms with Gasteiger partial charge in [-0.2, -0.15) is 13.2 Å². The third-order valence-corrected chi connectivity index (χ3v) is 1.02.